The Balaban J connectivity index is 1.50. The van der Waals surface area contributed by atoms with Gasteiger partial charge in [0, 0.05) is 0 Å². The minimum absolute atomic E-state index is 0.0629. The molecule has 7 heteroatoms. The minimum Gasteiger partial charge on any atom is -0.387 e. The van der Waals surface area contributed by atoms with Crippen LogP contribution in [-0.2, 0) is 43.6 Å². The van der Waals surface area contributed by atoms with E-state index in [-0.39, 0.29) is 26.2 Å². The zero-order valence-corrected chi connectivity index (χ0v) is 20.1. The lowest BCUT2D eigenvalue weighted by Crippen LogP contribution is -2.60. The van der Waals surface area contributed by atoms with Gasteiger partial charge in [0.15, 0.2) is 0 Å². The van der Waals surface area contributed by atoms with Crippen molar-refractivity contribution >= 4 is 5.91 Å². The molecule has 0 radical (unpaired) electrons. The Morgan fingerprint density at radius 2 is 1.19 bits per heavy atom. The zero-order chi connectivity index (χ0) is 25.2. The average Bonchev–Trinajstić information content (AvgIpc) is 2.90. The van der Waals surface area contributed by atoms with Crippen molar-refractivity contribution in [2.45, 2.75) is 56.8 Å². The van der Waals surface area contributed by atoms with E-state index in [0.717, 1.165) is 16.7 Å². The summed E-state index contributed by atoms with van der Waals surface area (Å²) in [6, 6.07) is 29.1. The second-order valence-electron chi connectivity index (χ2n) is 8.90. The molecule has 5 atom stereocenters. The number of carbonyl (C=O) groups excluding carboxylic acids is 1. The highest BCUT2D eigenvalue weighted by molar-refractivity contribution is 5.74. The predicted octanol–water partition coefficient (Wildman–Crippen LogP) is 3.38. The normalized spacial score (nSPS) is 23.9. The monoisotopic (exact) mass is 491 g/mol. The van der Waals surface area contributed by atoms with Gasteiger partial charge < -0.3 is 29.8 Å². The van der Waals surface area contributed by atoms with Crippen molar-refractivity contribution in [3.05, 3.63) is 108 Å². The first-order valence-corrected chi connectivity index (χ1v) is 12.1. The molecule has 4 rings (SSSR count). The first kappa shape index (κ1) is 26.0. The molecule has 1 heterocycles. The van der Waals surface area contributed by atoms with Gasteiger partial charge in [-0.1, -0.05) is 91.0 Å². The van der Waals surface area contributed by atoms with E-state index in [4.69, 9.17) is 24.7 Å². The van der Waals surface area contributed by atoms with Crippen molar-refractivity contribution in [2.24, 2.45) is 5.73 Å². The van der Waals surface area contributed by atoms with Gasteiger partial charge in [0.1, 0.15) is 24.4 Å². The maximum Gasteiger partial charge on any atom is 0.220 e. The van der Waals surface area contributed by atoms with Crippen LogP contribution in [0.5, 0.6) is 0 Å². The van der Waals surface area contributed by atoms with E-state index in [1.54, 1.807) is 0 Å². The van der Waals surface area contributed by atoms with Gasteiger partial charge in [0.25, 0.3) is 0 Å². The molecule has 0 bridgehead atoms. The number of hydrogen-bond acceptors (Lipinski definition) is 6. The first-order chi connectivity index (χ1) is 17.6. The second kappa shape index (κ2) is 13.3. The molecule has 1 amide bonds. The first-order valence-electron chi connectivity index (χ1n) is 12.1. The Kier molecular flexibility index (Phi) is 9.61. The standard InChI is InChI=1S/C29H33NO6/c30-26(31)16-24-28(34-18-22-12-6-2-7-13-22)29(35-19-23-14-8-3-9-15-23)27(32)25(36-24)20-33-17-21-10-4-1-5-11-21/h1-15,24-25,27-29,32H,16-20H2,(H2,30,31)/t24-,25-,27-,28-,29+/m1/s1. The third-order valence-corrected chi connectivity index (χ3v) is 6.12. The van der Waals surface area contributed by atoms with Crippen LogP contribution < -0.4 is 5.73 Å². The molecule has 0 unspecified atom stereocenters. The number of hydrogen-bond donors (Lipinski definition) is 2. The fraction of sp³-hybridized carbons (Fsp3) is 0.345. The lowest BCUT2D eigenvalue weighted by molar-refractivity contribution is -0.260. The Hall–Kier alpha value is -3.07. The van der Waals surface area contributed by atoms with Crippen LogP contribution in [0.15, 0.2) is 91.0 Å². The SMILES string of the molecule is NC(=O)C[C@H]1O[C@H](COCc2ccccc2)[C@@H](O)[C@H](OCc2ccccc2)[C@@H]1OCc1ccccc1. The number of nitrogens with two attached hydrogens (primary N) is 1. The summed E-state index contributed by atoms with van der Waals surface area (Å²) in [7, 11) is 0. The fourth-order valence-electron chi connectivity index (χ4n) is 4.30. The zero-order valence-electron chi connectivity index (χ0n) is 20.1. The Bertz CT molecular complexity index is 1050. The number of amides is 1. The summed E-state index contributed by atoms with van der Waals surface area (Å²) in [5.74, 6) is -0.518. The Morgan fingerprint density at radius 1 is 0.722 bits per heavy atom. The highest BCUT2D eigenvalue weighted by atomic mass is 16.6. The highest BCUT2D eigenvalue weighted by Crippen LogP contribution is 2.30. The summed E-state index contributed by atoms with van der Waals surface area (Å²) in [5.41, 5.74) is 8.48. The number of carbonyl (C=O) groups is 1. The van der Waals surface area contributed by atoms with Crippen LogP contribution >= 0.6 is 0 Å². The molecular weight excluding hydrogens is 458 g/mol. The van der Waals surface area contributed by atoms with Crippen molar-refractivity contribution in [2.75, 3.05) is 6.61 Å². The summed E-state index contributed by atoms with van der Waals surface area (Å²) >= 11 is 0. The second-order valence-corrected chi connectivity index (χ2v) is 8.90. The lowest BCUT2D eigenvalue weighted by atomic mass is 9.92. The van der Waals surface area contributed by atoms with Gasteiger partial charge in [-0.25, -0.2) is 0 Å². The van der Waals surface area contributed by atoms with Crippen molar-refractivity contribution in [1.82, 2.24) is 0 Å². The number of aliphatic hydroxyl groups excluding tert-OH is 1. The topological polar surface area (TPSA) is 100 Å². The van der Waals surface area contributed by atoms with Crippen LogP contribution in [0.4, 0.5) is 0 Å². The van der Waals surface area contributed by atoms with Crippen molar-refractivity contribution in [3.63, 3.8) is 0 Å². The molecule has 0 spiro atoms. The summed E-state index contributed by atoms with van der Waals surface area (Å²) in [6.45, 7) is 1.05. The fourth-order valence-corrected chi connectivity index (χ4v) is 4.30. The number of rotatable bonds is 12. The molecule has 3 N–H and O–H groups in total. The molecule has 1 aliphatic heterocycles. The molecule has 7 nitrogen and oxygen atoms in total. The van der Waals surface area contributed by atoms with E-state index in [1.807, 2.05) is 91.0 Å². The van der Waals surface area contributed by atoms with Crippen LogP contribution in [0.25, 0.3) is 0 Å². The van der Waals surface area contributed by atoms with Crippen LogP contribution in [0.1, 0.15) is 23.1 Å². The van der Waals surface area contributed by atoms with E-state index in [9.17, 15) is 9.90 Å². The van der Waals surface area contributed by atoms with Crippen LogP contribution in [-0.4, -0.2) is 48.1 Å². The molecule has 1 aliphatic rings. The van der Waals surface area contributed by atoms with Gasteiger partial charge in [-0.05, 0) is 16.7 Å². The third-order valence-electron chi connectivity index (χ3n) is 6.12. The van der Waals surface area contributed by atoms with Gasteiger partial charge in [-0.2, -0.15) is 0 Å². The van der Waals surface area contributed by atoms with Gasteiger partial charge >= 0.3 is 0 Å². The van der Waals surface area contributed by atoms with Crippen LogP contribution in [0, 0.1) is 0 Å². The molecule has 36 heavy (non-hydrogen) atoms. The van der Waals surface area contributed by atoms with Gasteiger partial charge in [0.05, 0.1) is 39.0 Å². The third kappa shape index (κ3) is 7.46. The van der Waals surface area contributed by atoms with Gasteiger partial charge in [-0.3, -0.25) is 4.79 Å². The van der Waals surface area contributed by atoms with E-state index in [0.29, 0.717) is 6.61 Å². The molecule has 0 saturated carbocycles. The quantitative estimate of drug-likeness (QED) is 0.403. The lowest BCUT2D eigenvalue weighted by Gasteiger charge is -2.44. The summed E-state index contributed by atoms with van der Waals surface area (Å²) < 4.78 is 24.5. The molecule has 3 aromatic carbocycles. The number of benzene rings is 3. The molecule has 0 aromatic heterocycles. The molecule has 3 aromatic rings. The van der Waals surface area contributed by atoms with Crippen molar-refractivity contribution in [3.8, 4) is 0 Å². The van der Waals surface area contributed by atoms with E-state index in [2.05, 4.69) is 0 Å². The van der Waals surface area contributed by atoms with E-state index >= 15 is 0 Å². The Labute approximate surface area is 211 Å². The van der Waals surface area contributed by atoms with Crippen LogP contribution in [0.3, 0.4) is 0 Å². The smallest absolute Gasteiger partial charge is 0.220 e. The number of primary amides is 1. The molecule has 0 aliphatic carbocycles. The maximum atomic E-state index is 11.9. The van der Waals surface area contributed by atoms with E-state index in [1.165, 1.54) is 0 Å². The molecule has 1 saturated heterocycles. The maximum absolute atomic E-state index is 11.9. The number of aliphatic hydroxyl groups is 1. The van der Waals surface area contributed by atoms with Crippen molar-refractivity contribution < 1.29 is 28.8 Å². The van der Waals surface area contributed by atoms with E-state index < -0.39 is 36.4 Å². The predicted molar refractivity (Wildman–Crippen MR) is 135 cm³/mol. The largest absolute Gasteiger partial charge is 0.387 e. The Morgan fingerprint density at radius 3 is 1.69 bits per heavy atom. The highest BCUT2D eigenvalue weighted by Gasteiger charge is 2.47. The van der Waals surface area contributed by atoms with Gasteiger partial charge in [0.2, 0.25) is 5.91 Å². The van der Waals surface area contributed by atoms with Crippen molar-refractivity contribution in [1.29, 1.82) is 0 Å². The summed E-state index contributed by atoms with van der Waals surface area (Å²) in [5, 5.41) is 11.3. The minimum atomic E-state index is -1.03. The summed E-state index contributed by atoms with van der Waals surface area (Å²) in [6.07, 6.45) is -3.96. The molecular formula is C29H33NO6. The number of ether oxygens (including phenoxy) is 4. The molecule has 190 valence electrons. The molecule has 1 fully saturated rings. The van der Waals surface area contributed by atoms with Gasteiger partial charge in [-0.15, -0.1) is 0 Å². The average molecular weight is 492 g/mol. The summed E-state index contributed by atoms with van der Waals surface area (Å²) in [4.78, 5) is 11.9. The van der Waals surface area contributed by atoms with Crippen LogP contribution in [0.2, 0.25) is 0 Å².